The van der Waals surface area contributed by atoms with E-state index in [1.54, 1.807) is 12.1 Å². The molecule has 0 bridgehead atoms. The van der Waals surface area contributed by atoms with Gasteiger partial charge in [-0.1, -0.05) is 58.4 Å². The molecule has 2 saturated carbocycles. The number of benzene rings is 1. The van der Waals surface area contributed by atoms with Gasteiger partial charge in [-0.2, -0.15) is 8.42 Å². The van der Waals surface area contributed by atoms with Crippen molar-refractivity contribution in [3.63, 3.8) is 0 Å². The fourth-order valence-corrected chi connectivity index (χ4v) is 8.12. The van der Waals surface area contributed by atoms with E-state index in [1.165, 1.54) is 12.1 Å². The molecule has 212 valence electrons. The third-order valence-electron chi connectivity index (χ3n) is 10.5. The van der Waals surface area contributed by atoms with Crippen molar-refractivity contribution < 1.29 is 27.3 Å². The molecule has 7 atom stereocenters. The minimum atomic E-state index is -4.02. The van der Waals surface area contributed by atoms with Gasteiger partial charge in [0.05, 0.1) is 11.0 Å². The summed E-state index contributed by atoms with van der Waals surface area (Å²) in [5.74, 6) is -0.213. The average Bonchev–Trinajstić information content (AvgIpc) is 3.26. The lowest BCUT2D eigenvalue weighted by Gasteiger charge is -2.57. The van der Waals surface area contributed by atoms with Crippen LogP contribution in [0, 0.1) is 40.9 Å². The predicted octanol–water partition coefficient (Wildman–Crippen LogP) is 6.05. The molecule has 0 unspecified atom stereocenters. The molecule has 3 rings (SSSR count). The van der Waals surface area contributed by atoms with Gasteiger partial charge in [0, 0.05) is 24.2 Å². The van der Waals surface area contributed by atoms with Crippen molar-refractivity contribution in [3.05, 3.63) is 42.5 Å². The third-order valence-corrected chi connectivity index (χ3v) is 11.8. The van der Waals surface area contributed by atoms with E-state index in [4.69, 9.17) is 4.18 Å². The van der Waals surface area contributed by atoms with E-state index < -0.39 is 33.7 Å². The maximum atomic E-state index is 13.5. The number of aliphatic hydroxyl groups is 1. The molecular weight excluding hydrogens is 500 g/mol. The number of hydrogen-bond acceptors (Lipinski definition) is 6. The SMILES string of the molecule is C=C[C@](C)(CC)[C@@H](O)[C@H](C)[C@]12CCC(=O)[C@H]1[C@](C)(CCC(=O)COS(=O)(=O)c1ccc(C)cc1)[C@H](C)CC2. The van der Waals surface area contributed by atoms with Gasteiger partial charge in [0.1, 0.15) is 12.4 Å². The second kappa shape index (κ2) is 11.3. The average molecular weight is 547 g/mol. The number of rotatable bonds is 12. The van der Waals surface area contributed by atoms with Crippen molar-refractivity contribution >= 4 is 21.7 Å². The van der Waals surface area contributed by atoms with Crippen LogP contribution in [-0.4, -0.2) is 37.8 Å². The van der Waals surface area contributed by atoms with Gasteiger partial charge in [0.15, 0.2) is 5.78 Å². The Morgan fingerprint density at radius 1 is 1.29 bits per heavy atom. The Morgan fingerprint density at radius 3 is 2.50 bits per heavy atom. The Hall–Kier alpha value is -1.83. The van der Waals surface area contributed by atoms with Crippen LogP contribution in [0.5, 0.6) is 0 Å². The van der Waals surface area contributed by atoms with E-state index in [2.05, 4.69) is 27.4 Å². The minimum Gasteiger partial charge on any atom is -0.392 e. The number of fused-ring (bicyclic) bond motifs is 1. The van der Waals surface area contributed by atoms with Crippen LogP contribution in [0.2, 0.25) is 0 Å². The summed E-state index contributed by atoms with van der Waals surface area (Å²) in [6.07, 6.45) is 5.62. The lowest BCUT2D eigenvalue weighted by Crippen LogP contribution is -2.55. The smallest absolute Gasteiger partial charge is 0.297 e. The summed E-state index contributed by atoms with van der Waals surface area (Å²) >= 11 is 0. The number of ketones is 2. The molecule has 0 heterocycles. The summed E-state index contributed by atoms with van der Waals surface area (Å²) in [6.45, 7) is 15.7. The molecule has 1 aromatic rings. The molecule has 1 aromatic carbocycles. The number of aryl methyl sites for hydroxylation is 1. The molecule has 0 saturated heterocycles. The molecule has 2 aliphatic rings. The van der Waals surface area contributed by atoms with Crippen molar-refractivity contribution in [3.8, 4) is 0 Å². The van der Waals surface area contributed by atoms with Crippen molar-refractivity contribution in [1.29, 1.82) is 0 Å². The van der Waals surface area contributed by atoms with Gasteiger partial charge in [-0.15, -0.1) is 6.58 Å². The van der Waals surface area contributed by atoms with E-state index in [-0.39, 0.29) is 46.1 Å². The number of Topliss-reactive ketones (excluding diaryl/α,β-unsaturated/α-hetero) is 2. The number of carbonyl (C=O) groups is 2. The molecule has 0 aromatic heterocycles. The van der Waals surface area contributed by atoms with Gasteiger partial charge in [-0.05, 0) is 73.8 Å². The van der Waals surface area contributed by atoms with Crippen molar-refractivity contribution in [2.45, 2.75) is 97.5 Å². The maximum absolute atomic E-state index is 13.5. The number of carbonyl (C=O) groups excluding carboxylic acids is 2. The summed E-state index contributed by atoms with van der Waals surface area (Å²) in [6, 6.07) is 6.31. The summed E-state index contributed by atoms with van der Waals surface area (Å²) in [7, 11) is -4.02. The van der Waals surface area contributed by atoms with E-state index in [9.17, 15) is 23.1 Å². The molecule has 6 nitrogen and oxygen atoms in total. The first-order valence-electron chi connectivity index (χ1n) is 14.0. The first kappa shape index (κ1) is 30.7. The van der Waals surface area contributed by atoms with Crippen molar-refractivity contribution in [2.75, 3.05) is 6.61 Å². The highest BCUT2D eigenvalue weighted by molar-refractivity contribution is 7.86. The zero-order chi connectivity index (χ0) is 28.5. The predicted molar refractivity (Wildman–Crippen MR) is 149 cm³/mol. The van der Waals surface area contributed by atoms with E-state index in [0.717, 1.165) is 31.2 Å². The van der Waals surface area contributed by atoms with Gasteiger partial charge in [0.25, 0.3) is 10.1 Å². The van der Waals surface area contributed by atoms with Crippen LogP contribution >= 0.6 is 0 Å². The van der Waals surface area contributed by atoms with E-state index in [0.29, 0.717) is 12.8 Å². The Balaban J connectivity index is 1.77. The Kier molecular flexibility index (Phi) is 9.17. The van der Waals surface area contributed by atoms with Gasteiger partial charge >= 0.3 is 0 Å². The lowest BCUT2D eigenvalue weighted by molar-refractivity contribution is -0.149. The first-order valence-corrected chi connectivity index (χ1v) is 15.4. The highest BCUT2D eigenvalue weighted by Crippen LogP contribution is 2.65. The Bertz CT molecular complexity index is 1140. The molecule has 0 amide bonds. The van der Waals surface area contributed by atoms with Gasteiger partial charge in [-0.25, -0.2) is 0 Å². The van der Waals surface area contributed by atoms with Crippen LogP contribution in [0.3, 0.4) is 0 Å². The largest absolute Gasteiger partial charge is 0.392 e. The zero-order valence-corrected chi connectivity index (χ0v) is 24.8. The van der Waals surface area contributed by atoms with Crippen molar-refractivity contribution in [1.82, 2.24) is 0 Å². The van der Waals surface area contributed by atoms with Crippen LogP contribution in [0.4, 0.5) is 0 Å². The molecule has 0 radical (unpaired) electrons. The minimum absolute atomic E-state index is 0.0243. The molecule has 2 aliphatic carbocycles. The molecule has 38 heavy (non-hydrogen) atoms. The highest BCUT2D eigenvalue weighted by Gasteiger charge is 2.63. The molecule has 7 heteroatoms. The Labute approximate surface area is 229 Å². The summed E-state index contributed by atoms with van der Waals surface area (Å²) in [4.78, 5) is 26.4. The first-order chi connectivity index (χ1) is 17.7. The standard InChI is InChI=1S/C31H46O6S/c1-8-29(6,9-2)28(34)23(5)31-18-14-22(4)30(7,27(31)26(33)16-19-31)17-15-24(32)20-37-38(35,36)25-12-10-21(3)11-13-25/h8,10-13,22-23,27-28,34H,1,9,14-20H2,2-7H3/t22-,23+,27+,28+,29-,30-,31+/m1/s1. The van der Waals surface area contributed by atoms with Crippen LogP contribution in [0.25, 0.3) is 0 Å². The number of aliphatic hydroxyl groups excluding tert-OH is 1. The monoisotopic (exact) mass is 546 g/mol. The molecule has 0 aliphatic heterocycles. The topological polar surface area (TPSA) is 97.7 Å². The highest BCUT2D eigenvalue weighted by atomic mass is 32.2. The van der Waals surface area contributed by atoms with Gasteiger partial charge < -0.3 is 5.11 Å². The van der Waals surface area contributed by atoms with Crippen LogP contribution in [-0.2, 0) is 23.9 Å². The third kappa shape index (κ3) is 5.57. The lowest BCUT2D eigenvalue weighted by atomic mass is 9.47. The molecular formula is C31H46O6S. The number of hydrogen-bond donors (Lipinski definition) is 1. The van der Waals surface area contributed by atoms with E-state index in [1.807, 2.05) is 26.8 Å². The van der Waals surface area contributed by atoms with Crippen LogP contribution in [0.1, 0.15) is 85.1 Å². The fraction of sp³-hybridized carbons (Fsp3) is 0.677. The second-order valence-corrected chi connectivity index (χ2v) is 14.1. The van der Waals surface area contributed by atoms with Crippen LogP contribution < -0.4 is 0 Å². The maximum Gasteiger partial charge on any atom is 0.297 e. The Morgan fingerprint density at radius 2 is 1.92 bits per heavy atom. The van der Waals surface area contributed by atoms with Crippen molar-refractivity contribution in [2.24, 2.45) is 34.0 Å². The van der Waals surface area contributed by atoms with Crippen LogP contribution in [0.15, 0.2) is 41.8 Å². The van der Waals surface area contributed by atoms with Gasteiger partial charge in [-0.3, -0.25) is 13.8 Å². The molecule has 2 fully saturated rings. The normalized spacial score (nSPS) is 30.8. The van der Waals surface area contributed by atoms with E-state index >= 15 is 0 Å². The quantitative estimate of drug-likeness (QED) is 0.253. The summed E-state index contributed by atoms with van der Waals surface area (Å²) in [5.41, 5.74) is -0.272. The molecule has 1 N–H and O–H groups in total. The fourth-order valence-electron chi connectivity index (χ4n) is 7.22. The second-order valence-electron chi connectivity index (χ2n) is 12.4. The van der Waals surface area contributed by atoms with Gasteiger partial charge in [0.2, 0.25) is 0 Å². The molecule has 0 spiro atoms. The summed E-state index contributed by atoms with van der Waals surface area (Å²) in [5, 5.41) is 11.5. The zero-order valence-electron chi connectivity index (χ0n) is 24.0. The summed E-state index contributed by atoms with van der Waals surface area (Å²) < 4.78 is 30.1.